The fraction of sp³-hybridized carbons (Fsp3) is 0.381. The Morgan fingerprint density at radius 2 is 1.61 bits per heavy atom. The van der Waals surface area contributed by atoms with Crippen molar-refractivity contribution < 1.29 is 17.6 Å². The second-order valence-electron chi connectivity index (χ2n) is 6.84. The molecule has 0 aromatic heterocycles. The summed E-state index contributed by atoms with van der Waals surface area (Å²) in [6.45, 7) is 5.70. The molecule has 1 N–H and O–H groups in total. The lowest BCUT2D eigenvalue weighted by atomic mass is 10.0. The average Bonchev–Trinajstić information content (AvgIpc) is 2.64. The Morgan fingerprint density at radius 3 is 2.07 bits per heavy atom. The van der Waals surface area contributed by atoms with E-state index in [4.69, 9.17) is 0 Å². The zero-order chi connectivity index (χ0) is 20.9. The highest BCUT2D eigenvalue weighted by molar-refractivity contribution is 7.92. The number of hydrogen-bond donors (Lipinski definition) is 1. The van der Waals surface area contributed by atoms with Crippen LogP contribution in [0.2, 0.25) is 0 Å². The summed E-state index contributed by atoms with van der Waals surface area (Å²) in [7, 11) is -3.75. The van der Waals surface area contributed by atoms with Gasteiger partial charge in [0.2, 0.25) is 15.9 Å². The van der Waals surface area contributed by atoms with E-state index in [0.717, 1.165) is 21.7 Å². The highest BCUT2D eigenvalue weighted by Gasteiger charge is 2.32. The first kappa shape index (κ1) is 21.9. The van der Waals surface area contributed by atoms with Crippen LogP contribution in [-0.2, 0) is 14.8 Å². The van der Waals surface area contributed by atoms with Crippen molar-refractivity contribution in [1.82, 2.24) is 5.32 Å². The minimum absolute atomic E-state index is 0.225. The van der Waals surface area contributed by atoms with Crippen molar-refractivity contribution >= 4 is 21.6 Å². The van der Waals surface area contributed by atoms with E-state index < -0.39 is 21.9 Å². The third-order valence-corrected chi connectivity index (χ3v) is 5.80. The van der Waals surface area contributed by atoms with E-state index in [1.165, 1.54) is 24.3 Å². The van der Waals surface area contributed by atoms with Gasteiger partial charge in [-0.05, 0) is 49.6 Å². The van der Waals surface area contributed by atoms with Gasteiger partial charge in [0.1, 0.15) is 11.9 Å². The summed E-state index contributed by atoms with van der Waals surface area (Å²) in [6.07, 6.45) is 1.99. The smallest absolute Gasteiger partial charge is 0.244 e. The van der Waals surface area contributed by atoms with Gasteiger partial charge < -0.3 is 5.32 Å². The summed E-state index contributed by atoms with van der Waals surface area (Å²) in [5.74, 6) is -0.857. The van der Waals surface area contributed by atoms with Gasteiger partial charge >= 0.3 is 0 Å². The first-order valence-electron chi connectivity index (χ1n) is 9.29. The van der Waals surface area contributed by atoms with Gasteiger partial charge in [-0.3, -0.25) is 9.10 Å². The van der Waals surface area contributed by atoms with E-state index in [2.05, 4.69) is 5.32 Å². The average molecular weight is 407 g/mol. The number of halogens is 1. The molecule has 0 spiro atoms. The van der Waals surface area contributed by atoms with Crippen LogP contribution in [0.1, 0.15) is 43.9 Å². The number of nitrogens with zero attached hydrogens (tertiary/aromatic N) is 1. The molecule has 0 bridgehead atoms. The highest BCUT2D eigenvalue weighted by atomic mass is 32.2. The van der Waals surface area contributed by atoms with Crippen molar-refractivity contribution in [3.63, 3.8) is 0 Å². The largest absolute Gasteiger partial charge is 0.347 e. The van der Waals surface area contributed by atoms with Gasteiger partial charge in [-0.2, -0.15) is 0 Å². The minimum Gasteiger partial charge on any atom is -0.347 e. The molecule has 2 rings (SSSR count). The van der Waals surface area contributed by atoms with E-state index in [0.29, 0.717) is 6.42 Å². The SMILES string of the molecule is CC[C@H](NC(=O)[C@H](CC)N(c1ccc(F)cc1)S(C)(=O)=O)c1ccc(C)cc1. The summed E-state index contributed by atoms with van der Waals surface area (Å²) < 4.78 is 39.2. The molecular formula is C21H27FN2O3S. The maximum atomic E-state index is 13.3. The van der Waals surface area contributed by atoms with Crippen molar-refractivity contribution in [3.05, 3.63) is 65.5 Å². The van der Waals surface area contributed by atoms with E-state index in [1.54, 1.807) is 6.92 Å². The summed E-state index contributed by atoms with van der Waals surface area (Å²) in [4.78, 5) is 13.0. The second kappa shape index (κ2) is 9.19. The Bertz CT molecular complexity index is 896. The Balaban J connectivity index is 2.32. The van der Waals surface area contributed by atoms with Crippen LogP contribution in [0.15, 0.2) is 48.5 Å². The molecule has 0 unspecified atom stereocenters. The Hall–Kier alpha value is -2.41. The van der Waals surface area contributed by atoms with Crippen molar-refractivity contribution in [2.24, 2.45) is 0 Å². The lowest BCUT2D eigenvalue weighted by molar-refractivity contribution is -0.123. The van der Waals surface area contributed by atoms with Gasteiger partial charge in [0.15, 0.2) is 0 Å². The number of nitrogens with one attached hydrogen (secondary N) is 1. The van der Waals surface area contributed by atoms with E-state index in [1.807, 2.05) is 38.1 Å². The summed E-state index contributed by atoms with van der Waals surface area (Å²) in [6, 6.07) is 11.8. The molecule has 2 aromatic rings. The number of hydrogen-bond acceptors (Lipinski definition) is 3. The van der Waals surface area contributed by atoms with Gasteiger partial charge in [-0.25, -0.2) is 12.8 Å². The molecule has 5 nitrogen and oxygen atoms in total. The Morgan fingerprint density at radius 1 is 1.04 bits per heavy atom. The fourth-order valence-corrected chi connectivity index (χ4v) is 4.35. The fourth-order valence-electron chi connectivity index (χ4n) is 3.14. The number of amides is 1. The van der Waals surface area contributed by atoms with Gasteiger partial charge in [0.25, 0.3) is 0 Å². The maximum Gasteiger partial charge on any atom is 0.244 e. The quantitative estimate of drug-likeness (QED) is 0.722. The summed E-state index contributed by atoms with van der Waals surface area (Å²) in [5, 5.41) is 2.97. The van der Waals surface area contributed by atoms with Crippen molar-refractivity contribution in [2.75, 3.05) is 10.6 Å². The summed E-state index contributed by atoms with van der Waals surface area (Å²) in [5.41, 5.74) is 2.34. The number of rotatable bonds is 8. The normalized spacial score (nSPS) is 13.6. The standard InChI is InChI=1S/C21H27FN2O3S/c1-5-19(16-9-7-15(3)8-10-16)23-21(25)20(6-2)24(28(4,26)27)18-13-11-17(22)12-14-18/h7-14,19-20H,5-6H2,1-4H3,(H,23,25)/t19-,20-/m0/s1. The number of sulfonamides is 1. The lowest BCUT2D eigenvalue weighted by Gasteiger charge is -2.31. The zero-order valence-electron chi connectivity index (χ0n) is 16.6. The number of benzene rings is 2. The molecule has 0 radical (unpaired) electrons. The first-order chi connectivity index (χ1) is 13.2. The van der Waals surface area contributed by atoms with Crippen LogP contribution >= 0.6 is 0 Å². The molecule has 0 heterocycles. The number of aryl methyl sites for hydroxylation is 1. The number of anilines is 1. The van der Waals surface area contributed by atoms with Gasteiger partial charge in [-0.1, -0.05) is 43.7 Å². The molecule has 0 saturated carbocycles. The summed E-state index contributed by atoms with van der Waals surface area (Å²) >= 11 is 0. The minimum atomic E-state index is -3.75. The van der Waals surface area contributed by atoms with E-state index in [-0.39, 0.29) is 24.1 Å². The van der Waals surface area contributed by atoms with Crippen LogP contribution in [0.5, 0.6) is 0 Å². The Kier molecular flexibility index (Phi) is 7.18. The van der Waals surface area contributed by atoms with Crippen LogP contribution in [0.3, 0.4) is 0 Å². The zero-order valence-corrected chi connectivity index (χ0v) is 17.5. The molecule has 0 aliphatic carbocycles. The third kappa shape index (κ3) is 5.32. The Labute approximate surface area is 166 Å². The molecule has 28 heavy (non-hydrogen) atoms. The molecular weight excluding hydrogens is 379 g/mol. The topological polar surface area (TPSA) is 66.5 Å². The predicted octanol–water partition coefficient (Wildman–Crippen LogP) is 3.95. The van der Waals surface area contributed by atoms with Crippen LogP contribution in [0.4, 0.5) is 10.1 Å². The molecule has 0 fully saturated rings. The van der Waals surface area contributed by atoms with Crippen molar-refractivity contribution in [1.29, 1.82) is 0 Å². The van der Waals surface area contributed by atoms with E-state index >= 15 is 0 Å². The third-order valence-electron chi connectivity index (χ3n) is 4.62. The molecule has 0 saturated heterocycles. The highest BCUT2D eigenvalue weighted by Crippen LogP contribution is 2.24. The monoisotopic (exact) mass is 406 g/mol. The van der Waals surface area contributed by atoms with Gasteiger partial charge in [0, 0.05) is 0 Å². The molecule has 152 valence electrons. The van der Waals surface area contributed by atoms with Crippen LogP contribution in [0.25, 0.3) is 0 Å². The molecule has 0 aliphatic heterocycles. The van der Waals surface area contributed by atoms with Crippen molar-refractivity contribution in [3.8, 4) is 0 Å². The number of carbonyl (C=O) groups excluding carboxylic acids is 1. The second-order valence-corrected chi connectivity index (χ2v) is 8.70. The molecule has 7 heteroatoms. The maximum absolute atomic E-state index is 13.3. The van der Waals surface area contributed by atoms with Gasteiger partial charge in [-0.15, -0.1) is 0 Å². The first-order valence-corrected chi connectivity index (χ1v) is 11.1. The van der Waals surface area contributed by atoms with E-state index in [9.17, 15) is 17.6 Å². The molecule has 1 amide bonds. The van der Waals surface area contributed by atoms with Gasteiger partial charge in [0.05, 0.1) is 18.0 Å². The van der Waals surface area contributed by atoms with Crippen LogP contribution in [-0.4, -0.2) is 26.6 Å². The number of carbonyl (C=O) groups is 1. The molecule has 2 aromatic carbocycles. The van der Waals surface area contributed by atoms with Crippen LogP contribution in [0, 0.1) is 12.7 Å². The lowest BCUT2D eigenvalue weighted by Crippen LogP contribution is -2.50. The van der Waals surface area contributed by atoms with Crippen LogP contribution < -0.4 is 9.62 Å². The predicted molar refractivity (Wildman–Crippen MR) is 110 cm³/mol. The molecule has 0 aliphatic rings. The molecule has 2 atom stereocenters. The van der Waals surface area contributed by atoms with Crippen molar-refractivity contribution in [2.45, 2.75) is 45.7 Å².